The highest BCUT2D eigenvalue weighted by Crippen LogP contribution is 2.30. The molecule has 0 unspecified atom stereocenters. The van der Waals surface area contributed by atoms with E-state index in [0.29, 0.717) is 28.0 Å². The monoisotopic (exact) mass is 351 g/mol. The van der Waals surface area contributed by atoms with Crippen molar-refractivity contribution >= 4 is 35.0 Å². The first-order valence-corrected chi connectivity index (χ1v) is 8.11. The summed E-state index contributed by atoms with van der Waals surface area (Å²) in [7, 11) is 1.50. The van der Waals surface area contributed by atoms with Crippen LogP contribution in [0.25, 0.3) is 0 Å². The third kappa shape index (κ3) is 4.98. The van der Waals surface area contributed by atoms with Gasteiger partial charge in [0.25, 0.3) is 0 Å². The molecule has 128 valence electrons. The van der Waals surface area contributed by atoms with E-state index in [4.69, 9.17) is 14.2 Å². The lowest BCUT2D eigenvalue weighted by Gasteiger charge is -2.12. The van der Waals surface area contributed by atoms with Gasteiger partial charge in [-0.05, 0) is 19.1 Å². The number of nitrogens with one attached hydrogen (secondary N) is 1. The molecular weight excluding hydrogens is 334 g/mol. The number of amides is 1. The Morgan fingerprint density at radius 3 is 2.96 bits per heavy atom. The first-order valence-electron chi connectivity index (χ1n) is 7.13. The van der Waals surface area contributed by atoms with E-state index < -0.39 is 5.97 Å². The largest absolute Gasteiger partial charge is 0.493 e. The van der Waals surface area contributed by atoms with Crippen molar-refractivity contribution in [3.05, 3.63) is 23.8 Å². The first kappa shape index (κ1) is 17.8. The van der Waals surface area contributed by atoms with Crippen LogP contribution in [0.1, 0.15) is 12.5 Å². The van der Waals surface area contributed by atoms with E-state index in [-0.39, 0.29) is 19.1 Å². The van der Waals surface area contributed by atoms with Gasteiger partial charge in [-0.1, -0.05) is 17.8 Å². The van der Waals surface area contributed by atoms with Crippen LogP contribution >= 0.6 is 11.8 Å². The smallest absolute Gasteiger partial charge is 0.344 e. The number of nitrogens with zero attached hydrogens (tertiary/aromatic N) is 2. The zero-order valence-electron chi connectivity index (χ0n) is 13.3. The van der Waals surface area contributed by atoms with Gasteiger partial charge in [0.1, 0.15) is 0 Å². The second-order valence-corrected chi connectivity index (χ2v) is 5.42. The van der Waals surface area contributed by atoms with Gasteiger partial charge >= 0.3 is 5.97 Å². The van der Waals surface area contributed by atoms with Crippen molar-refractivity contribution in [3.8, 4) is 11.5 Å². The van der Waals surface area contributed by atoms with E-state index in [1.165, 1.54) is 25.1 Å². The topological polar surface area (TPSA) is 98.6 Å². The van der Waals surface area contributed by atoms with Crippen molar-refractivity contribution < 1.29 is 23.8 Å². The molecule has 8 nitrogen and oxygen atoms in total. The molecule has 0 bridgehead atoms. The van der Waals surface area contributed by atoms with E-state index in [9.17, 15) is 9.59 Å². The van der Waals surface area contributed by atoms with Crippen LogP contribution in [0.3, 0.4) is 0 Å². The maximum absolute atomic E-state index is 11.5. The standard InChI is InChI=1S/C15H17N3O5S/c1-3-22-13(20)8-23-14-10(5-4-6-11(14)21-2)7-16-18-15-17-12(19)9-24-15/h4-7H,3,8-9H2,1-2H3,(H,17,18,19). The molecule has 0 spiro atoms. The van der Waals surface area contributed by atoms with E-state index in [1.54, 1.807) is 25.1 Å². The highest BCUT2D eigenvalue weighted by molar-refractivity contribution is 8.15. The Morgan fingerprint density at radius 1 is 1.46 bits per heavy atom. The van der Waals surface area contributed by atoms with Crippen molar-refractivity contribution in [1.29, 1.82) is 0 Å². The summed E-state index contributed by atoms with van der Waals surface area (Å²) in [4.78, 5) is 22.5. The van der Waals surface area contributed by atoms with Crippen LogP contribution in [0.4, 0.5) is 0 Å². The number of benzene rings is 1. The molecule has 2 rings (SSSR count). The minimum Gasteiger partial charge on any atom is -0.493 e. The fourth-order valence-electron chi connectivity index (χ4n) is 1.81. The lowest BCUT2D eigenvalue weighted by atomic mass is 10.2. The molecule has 1 aliphatic heterocycles. The maximum atomic E-state index is 11.5. The molecule has 0 aromatic heterocycles. The number of rotatable bonds is 7. The fourth-order valence-corrected chi connectivity index (χ4v) is 2.44. The van der Waals surface area contributed by atoms with Gasteiger partial charge in [0.05, 0.1) is 25.7 Å². The molecule has 0 aliphatic carbocycles. The summed E-state index contributed by atoms with van der Waals surface area (Å²) in [5.74, 6) is 0.575. The van der Waals surface area contributed by atoms with E-state index in [2.05, 4.69) is 15.5 Å². The fraction of sp³-hybridized carbons (Fsp3) is 0.333. The molecular formula is C15H17N3O5S. The van der Waals surface area contributed by atoms with Gasteiger partial charge in [0.2, 0.25) is 5.91 Å². The second kappa shape index (κ2) is 8.92. The molecule has 1 N–H and O–H groups in total. The van der Waals surface area contributed by atoms with Gasteiger partial charge in [-0.3, -0.25) is 4.79 Å². The van der Waals surface area contributed by atoms with Crippen LogP contribution in [-0.4, -0.2) is 49.3 Å². The number of hydrogen-bond donors (Lipinski definition) is 1. The quantitative estimate of drug-likeness (QED) is 0.450. The predicted octanol–water partition coefficient (Wildman–Crippen LogP) is 1.19. The summed E-state index contributed by atoms with van der Waals surface area (Å²) < 4.78 is 15.6. The van der Waals surface area contributed by atoms with Gasteiger partial charge in [-0.2, -0.15) is 5.10 Å². The van der Waals surface area contributed by atoms with Gasteiger partial charge < -0.3 is 19.5 Å². The first-order chi connectivity index (χ1) is 11.6. The Hall–Kier alpha value is -2.55. The average molecular weight is 351 g/mol. The Labute approximate surface area is 143 Å². The van der Waals surface area contributed by atoms with Gasteiger partial charge in [-0.25, -0.2) is 4.79 Å². The van der Waals surface area contributed by atoms with Crippen LogP contribution in [-0.2, 0) is 14.3 Å². The molecule has 24 heavy (non-hydrogen) atoms. The summed E-state index contributed by atoms with van der Waals surface area (Å²) in [6, 6.07) is 5.21. The number of esters is 1. The number of methoxy groups -OCH3 is 1. The van der Waals surface area contributed by atoms with Crippen molar-refractivity contribution in [2.24, 2.45) is 10.2 Å². The van der Waals surface area contributed by atoms with E-state index in [1.807, 2.05) is 0 Å². The molecule has 0 saturated carbocycles. The van der Waals surface area contributed by atoms with Crippen LogP contribution in [0, 0.1) is 0 Å². The van der Waals surface area contributed by atoms with Gasteiger partial charge in [0.15, 0.2) is 23.3 Å². The SMILES string of the molecule is CCOC(=O)COc1c(C=NN=C2NC(=O)CS2)cccc1OC. The van der Waals surface area contributed by atoms with Gasteiger partial charge in [0, 0.05) is 5.56 Å². The van der Waals surface area contributed by atoms with E-state index in [0.717, 1.165) is 0 Å². The number of amidine groups is 1. The number of carbonyl (C=O) groups excluding carboxylic acids is 2. The lowest BCUT2D eigenvalue weighted by molar-refractivity contribution is -0.145. The maximum Gasteiger partial charge on any atom is 0.344 e. The van der Waals surface area contributed by atoms with Crippen molar-refractivity contribution in [3.63, 3.8) is 0 Å². The van der Waals surface area contributed by atoms with E-state index >= 15 is 0 Å². The van der Waals surface area contributed by atoms with Gasteiger partial charge in [-0.15, -0.1) is 5.10 Å². The van der Waals surface area contributed by atoms with Crippen molar-refractivity contribution in [2.75, 3.05) is 26.1 Å². The molecule has 1 saturated heterocycles. The zero-order chi connectivity index (χ0) is 17.4. The summed E-state index contributed by atoms with van der Waals surface area (Å²) >= 11 is 1.28. The molecule has 9 heteroatoms. The minimum atomic E-state index is -0.475. The summed E-state index contributed by atoms with van der Waals surface area (Å²) in [6.07, 6.45) is 1.46. The third-order valence-electron chi connectivity index (χ3n) is 2.80. The Morgan fingerprint density at radius 2 is 2.29 bits per heavy atom. The molecule has 0 atom stereocenters. The average Bonchev–Trinajstić information content (AvgIpc) is 2.99. The molecule has 1 aromatic carbocycles. The summed E-state index contributed by atoms with van der Waals surface area (Å²) in [5.41, 5.74) is 0.581. The van der Waals surface area contributed by atoms with Crippen LogP contribution in [0.15, 0.2) is 28.4 Å². The molecule has 1 aliphatic rings. The Bertz CT molecular complexity index is 675. The number of carbonyl (C=O) groups is 2. The minimum absolute atomic E-state index is 0.103. The third-order valence-corrected chi connectivity index (χ3v) is 3.66. The lowest BCUT2D eigenvalue weighted by Crippen LogP contribution is -2.19. The Kier molecular flexibility index (Phi) is 6.62. The van der Waals surface area contributed by atoms with Crippen molar-refractivity contribution in [1.82, 2.24) is 5.32 Å². The highest BCUT2D eigenvalue weighted by Gasteiger charge is 2.16. The van der Waals surface area contributed by atoms with Crippen molar-refractivity contribution in [2.45, 2.75) is 6.92 Å². The predicted molar refractivity (Wildman–Crippen MR) is 90.8 cm³/mol. The second-order valence-electron chi connectivity index (χ2n) is 4.46. The van der Waals surface area contributed by atoms with Crippen LogP contribution in [0.5, 0.6) is 11.5 Å². The summed E-state index contributed by atoms with van der Waals surface area (Å²) in [6.45, 7) is 1.76. The highest BCUT2D eigenvalue weighted by atomic mass is 32.2. The van der Waals surface area contributed by atoms with Crippen LogP contribution in [0.2, 0.25) is 0 Å². The Balaban J connectivity index is 2.13. The normalized spacial score (nSPS) is 15.6. The molecule has 1 fully saturated rings. The molecule has 1 amide bonds. The zero-order valence-corrected chi connectivity index (χ0v) is 14.1. The number of thioether (sulfide) groups is 1. The molecule has 1 aromatic rings. The molecule has 1 heterocycles. The number of hydrogen-bond acceptors (Lipinski definition) is 8. The number of para-hydroxylation sites is 1. The molecule has 0 radical (unpaired) electrons. The number of ether oxygens (including phenoxy) is 3. The summed E-state index contributed by atoms with van der Waals surface area (Å²) in [5, 5.41) is 10.9. The van der Waals surface area contributed by atoms with Crippen LogP contribution < -0.4 is 14.8 Å².